The van der Waals surface area contributed by atoms with Crippen LogP contribution in [0.4, 0.5) is 27.5 Å². The van der Waals surface area contributed by atoms with Crippen LogP contribution < -0.4 is 10.2 Å². The Kier molecular flexibility index (Phi) is 6.66. The minimum atomic E-state index is -0.271. The van der Waals surface area contributed by atoms with Gasteiger partial charge in [-0.15, -0.1) is 0 Å². The van der Waals surface area contributed by atoms with Crippen molar-refractivity contribution in [1.29, 1.82) is 0 Å². The summed E-state index contributed by atoms with van der Waals surface area (Å²) in [6, 6.07) is 13.7. The van der Waals surface area contributed by atoms with Gasteiger partial charge in [0.25, 0.3) is 0 Å². The summed E-state index contributed by atoms with van der Waals surface area (Å²) in [6.07, 6.45) is 3.82. The first-order valence-electron chi connectivity index (χ1n) is 10.4. The van der Waals surface area contributed by atoms with Gasteiger partial charge in [0.2, 0.25) is 5.95 Å². The number of rotatable bonds is 6. The first kappa shape index (κ1) is 21.8. The van der Waals surface area contributed by atoms with E-state index in [-0.39, 0.29) is 5.82 Å². The standard InChI is InChI=1S/C24H24ClFN6/c1-3-22(20-9-4-17(25)16-21(20)27-2)31-12-14-32(15-13-31)24-28-11-10-23(30-24)29-19-7-5-18(26)6-8-19/h3-11,16H,2,12-15H2,1H3,(H,28,29,30)/b22-3+. The van der Waals surface area contributed by atoms with Gasteiger partial charge in [-0.3, -0.25) is 4.99 Å². The number of aliphatic imine (C=N–C) groups is 1. The molecule has 2 aromatic carbocycles. The van der Waals surface area contributed by atoms with Gasteiger partial charge in [-0.05, 0) is 62.2 Å². The molecule has 4 rings (SSSR count). The number of benzene rings is 2. The fraction of sp³-hybridized carbons (Fsp3) is 0.208. The molecule has 1 N–H and O–H groups in total. The number of nitrogens with zero attached hydrogens (tertiary/aromatic N) is 5. The molecule has 0 unspecified atom stereocenters. The van der Waals surface area contributed by atoms with E-state index in [4.69, 9.17) is 11.6 Å². The first-order chi connectivity index (χ1) is 15.6. The van der Waals surface area contributed by atoms with Crippen molar-refractivity contribution in [2.45, 2.75) is 6.92 Å². The second kappa shape index (κ2) is 9.78. The summed E-state index contributed by atoms with van der Waals surface area (Å²) < 4.78 is 13.1. The van der Waals surface area contributed by atoms with Gasteiger partial charge in [-0.2, -0.15) is 4.98 Å². The largest absolute Gasteiger partial charge is 0.368 e. The lowest BCUT2D eigenvalue weighted by Gasteiger charge is -2.37. The van der Waals surface area contributed by atoms with Gasteiger partial charge in [-0.1, -0.05) is 17.7 Å². The number of hydrogen-bond donors (Lipinski definition) is 1. The van der Waals surface area contributed by atoms with Gasteiger partial charge in [-0.25, -0.2) is 9.37 Å². The second-order valence-corrected chi connectivity index (χ2v) is 7.78. The maximum Gasteiger partial charge on any atom is 0.227 e. The highest BCUT2D eigenvalue weighted by molar-refractivity contribution is 6.30. The van der Waals surface area contributed by atoms with Gasteiger partial charge in [0.15, 0.2) is 0 Å². The van der Waals surface area contributed by atoms with Crippen molar-refractivity contribution in [1.82, 2.24) is 14.9 Å². The van der Waals surface area contributed by atoms with E-state index in [9.17, 15) is 4.39 Å². The first-order valence-corrected chi connectivity index (χ1v) is 10.7. The van der Waals surface area contributed by atoms with E-state index in [2.05, 4.69) is 42.9 Å². The summed E-state index contributed by atoms with van der Waals surface area (Å²) in [5, 5.41) is 3.84. The number of piperazine rings is 1. The van der Waals surface area contributed by atoms with Crippen LogP contribution >= 0.6 is 11.6 Å². The molecule has 164 valence electrons. The van der Waals surface area contributed by atoms with Gasteiger partial charge in [0.1, 0.15) is 11.6 Å². The Hall–Kier alpha value is -3.45. The molecule has 2 heterocycles. The molecule has 8 heteroatoms. The van der Waals surface area contributed by atoms with E-state index in [0.717, 1.165) is 48.8 Å². The van der Waals surface area contributed by atoms with Gasteiger partial charge in [0, 0.05) is 54.3 Å². The highest BCUT2D eigenvalue weighted by atomic mass is 35.5. The van der Waals surface area contributed by atoms with Crippen molar-refractivity contribution in [3.05, 3.63) is 77.2 Å². The summed E-state index contributed by atoms with van der Waals surface area (Å²) in [7, 11) is 0. The van der Waals surface area contributed by atoms with Gasteiger partial charge >= 0.3 is 0 Å². The van der Waals surface area contributed by atoms with Gasteiger partial charge in [0.05, 0.1) is 5.69 Å². The summed E-state index contributed by atoms with van der Waals surface area (Å²) in [6.45, 7) is 8.90. The van der Waals surface area contributed by atoms with Crippen LogP contribution in [0.15, 0.2) is 65.8 Å². The Morgan fingerprint density at radius 1 is 1.12 bits per heavy atom. The molecule has 3 aromatic rings. The molecule has 6 nitrogen and oxygen atoms in total. The number of halogens is 2. The van der Waals surface area contributed by atoms with Crippen LogP contribution in [0.5, 0.6) is 0 Å². The molecule has 1 aromatic heterocycles. The Morgan fingerprint density at radius 2 is 1.88 bits per heavy atom. The highest BCUT2D eigenvalue weighted by Gasteiger charge is 2.22. The van der Waals surface area contributed by atoms with Crippen molar-refractivity contribution < 1.29 is 4.39 Å². The Bertz CT molecular complexity index is 1120. The number of anilines is 3. The molecule has 0 bridgehead atoms. The van der Waals surface area contributed by atoms with E-state index < -0.39 is 0 Å². The zero-order chi connectivity index (χ0) is 22.5. The highest BCUT2D eigenvalue weighted by Crippen LogP contribution is 2.32. The SMILES string of the molecule is C=Nc1cc(Cl)ccc1/C(=C\C)N1CCN(c2nccc(Nc3ccc(F)cc3)n2)CC1. The number of nitrogens with one attached hydrogen (secondary N) is 1. The van der Waals surface area contributed by atoms with E-state index in [0.29, 0.717) is 16.8 Å². The Morgan fingerprint density at radius 3 is 2.56 bits per heavy atom. The van der Waals surface area contributed by atoms with E-state index >= 15 is 0 Å². The minimum absolute atomic E-state index is 0.271. The average Bonchev–Trinajstić information content (AvgIpc) is 2.82. The minimum Gasteiger partial charge on any atom is -0.368 e. The predicted octanol–water partition coefficient (Wildman–Crippen LogP) is 5.53. The van der Waals surface area contributed by atoms with Crippen LogP contribution in [-0.4, -0.2) is 47.8 Å². The predicted molar refractivity (Wildman–Crippen MR) is 130 cm³/mol. The fourth-order valence-corrected chi connectivity index (χ4v) is 3.93. The van der Waals surface area contributed by atoms with Crippen molar-refractivity contribution in [2.24, 2.45) is 4.99 Å². The zero-order valence-corrected chi connectivity index (χ0v) is 18.6. The lowest BCUT2D eigenvalue weighted by molar-refractivity contribution is 0.365. The maximum absolute atomic E-state index is 13.1. The van der Waals surface area contributed by atoms with Crippen LogP contribution in [0.1, 0.15) is 12.5 Å². The quantitative estimate of drug-likeness (QED) is 0.500. The van der Waals surface area contributed by atoms with Gasteiger partial charge < -0.3 is 15.1 Å². The van der Waals surface area contributed by atoms with Crippen molar-refractivity contribution in [3.63, 3.8) is 0 Å². The number of hydrogen-bond acceptors (Lipinski definition) is 6. The second-order valence-electron chi connectivity index (χ2n) is 7.34. The maximum atomic E-state index is 13.1. The van der Waals surface area contributed by atoms with Crippen molar-refractivity contribution in [2.75, 3.05) is 36.4 Å². The van der Waals surface area contributed by atoms with E-state index in [1.54, 1.807) is 24.4 Å². The third-order valence-electron chi connectivity index (χ3n) is 5.34. The molecule has 1 fully saturated rings. The van der Waals surface area contributed by atoms with Crippen molar-refractivity contribution in [3.8, 4) is 0 Å². The molecule has 1 aliphatic heterocycles. The van der Waals surface area contributed by atoms with E-state index in [1.807, 2.05) is 25.1 Å². The molecule has 32 heavy (non-hydrogen) atoms. The Labute approximate surface area is 192 Å². The summed E-state index contributed by atoms with van der Waals surface area (Å²) >= 11 is 6.12. The Balaban J connectivity index is 1.44. The third-order valence-corrected chi connectivity index (χ3v) is 5.58. The number of allylic oxidation sites excluding steroid dienone is 1. The lowest BCUT2D eigenvalue weighted by Crippen LogP contribution is -2.46. The normalized spacial score (nSPS) is 14.4. The molecule has 1 saturated heterocycles. The van der Waals surface area contributed by atoms with Crippen molar-refractivity contribution >= 4 is 47.2 Å². The molecule has 0 atom stereocenters. The molecule has 0 amide bonds. The molecule has 0 aliphatic carbocycles. The molecule has 1 aliphatic rings. The molecule has 0 saturated carbocycles. The topological polar surface area (TPSA) is 56.6 Å². The third kappa shape index (κ3) is 4.89. The smallest absolute Gasteiger partial charge is 0.227 e. The molecular weight excluding hydrogens is 427 g/mol. The molecular formula is C24H24ClFN6. The van der Waals surface area contributed by atoms with Crippen LogP contribution in [0.25, 0.3) is 5.70 Å². The zero-order valence-electron chi connectivity index (χ0n) is 17.8. The van der Waals surface area contributed by atoms with Crippen LogP contribution in [-0.2, 0) is 0 Å². The molecule has 0 radical (unpaired) electrons. The molecule has 0 spiro atoms. The van der Waals surface area contributed by atoms with E-state index in [1.165, 1.54) is 12.1 Å². The monoisotopic (exact) mass is 450 g/mol. The lowest BCUT2D eigenvalue weighted by atomic mass is 10.1. The summed E-state index contributed by atoms with van der Waals surface area (Å²) in [4.78, 5) is 17.7. The van der Waals surface area contributed by atoms with Crippen LogP contribution in [0.2, 0.25) is 5.02 Å². The summed E-state index contributed by atoms with van der Waals surface area (Å²) in [5.74, 6) is 1.06. The summed E-state index contributed by atoms with van der Waals surface area (Å²) in [5.41, 5.74) is 3.67. The fourth-order valence-electron chi connectivity index (χ4n) is 3.76. The van der Waals surface area contributed by atoms with Crippen LogP contribution in [0.3, 0.4) is 0 Å². The average molecular weight is 451 g/mol. The van der Waals surface area contributed by atoms with Crippen LogP contribution in [0, 0.1) is 5.82 Å². The number of aromatic nitrogens is 2.